The summed E-state index contributed by atoms with van der Waals surface area (Å²) in [6.07, 6.45) is 0.257. The van der Waals surface area contributed by atoms with E-state index in [1.54, 1.807) is 14.2 Å². The Bertz CT molecular complexity index is 918. The number of carbonyl (C=O) groups excluding carboxylic acids is 1. The summed E-state index contributed by atoms with van der Waals surface area (Å²) in [5.74, 6) is 1.05. The number of aryl methyl sites for hydroxylation is 1. The van der Waals surface area contributed by atoms with Gasteiger partial charge in [0.1, 0.15) is 11.6 Å². The lowest BCUT2D eigenvalue weighted by molar-refractivity contribution is -0.144. The third-order valence-electron chi connectivity index (χ3n) is 4.03. The Morgan fingerprint density at radius 3 is 2.48 bits per heavy atom. The van der Waals surface area contributed by atoms with Crippen LogP contribution in [0.15, 0.2) is 47.8 Å². The van der Waals surface area contributed by atoms with Gasteiger partial charge in [-0.15, -0.1) is 11.3 Å². The molecule has 3 aromatic rings. The van der Waals surface area contributed by atoms with Crippen LogP contribution in [-0.2, 0) is 22.6 Å². The highest BCUT2D eigenvalue weighted by atomic mass is 32.1. The second-order valence-corrected chi connectivity index (χ2v) is 6.89. The van der Waals surface area contributed by atoms with Crippen LogP contribution in [-0.4, -0.2) is 25.2 Å². The molecule has 2 aromatic carbocycles. The lowest BCUT2D eigenvalue weighted by Gasteiger charge is -2.08. The molecule has 0 unspecified atom stereocenters. The predicted molar refractivity (Wildman–Crippen MR) is 105 cm³/mol. The summed E-state index contributed by atoms with van der Waals surface area (Å²) < 4.78 is 15.9. The van der Waals surface area contributed by atoms with Gasteiger partial charge in [0.05, 0.1) is 26.3 Å². The van der Waals surface area contributed by atoms with E-state index in [4.69, 9.17) is 14.2 Å². The average Bonchev–Trinajstić information content (AvgIpc) is 3.16. The molecule has 0 N–H and O–H groups in total. The number of hydrogen-bond acceptors (Lipinski definition) is 6. The number of esters is 1. The Morgan fingerprint density at radius 1 is 1.04 bits per heavy atom. The van der Waals surface area contributed by atoms with Crippen LogP contribution in [0.1, 0.15) is 16.8 Å². The number of rotatable bonds is 7. The van der Waals surface area contributed by atoms with E-state index < -0.39 is 0 Å². The van der Waals surface area contributed by atoms with E-state index >= 15 is 0 Å². The SMILES string of the molecule is COc1ccc(-c2nc(COC(=O)Cc3ccc(C)cc3)cs2)cc1OC. The van der Waals surface area contributed by atoms with Gasteiger partial charge in [-0.2, -0.15) is 0 Å². The quantitative estimate of drug-likeness (QED) is 0.565. The van der Waals surface area contributed by atoms with Crippen LogP contribution in [0.25, 0.3) is 10.6 Å². The molecule has 0 bridgehead atoms. The van der Waals surface area contributed by atoms with Crippen molar-refractivity contribution in [3.63, 3.8) is 0 Å². The van der Waals surface area contributed by atoms with Gasteiger partial charge in [0.25, 0.3) is 0 Å². The van der Waals surface area contributed by atoms with Gasteiger partial charge < -0.3 is 14.2 Å². The van der Waals surface area contributed by atoms with Crippen molar-refractivity contribution in [3.05, 3.63) is 64.7 Å². The summed E-state index contributed by atoms with van der Waals surface area (Å²) in [6, 6.07) is 13.5. The number of hydrogen-bond donors (Lipinski definition) is 0. The van der Waals surface area contributed by atoms with E-state index in [0.717, 1.165) is 27.4 Å². The minimum Gasteiger partial charge on any atom is -0.493 e. The van der Waals surface area contributed by atoms with Crippen LogP contribution in [0.2, 0.25) is 0 Å². The fourth-order valence-electron chi connectivity index (χ4n) is 2.55. The molecule has 0 atom stereocenters. The summed E-state index contributed by atoms with van der Waals surface area (Å²) >= 11 is 1.49. The number of benzene rings is 2. The summed E-state index contributed by atoms with van der Waals surface area (Å²) in [7, 11) is 3.20. The molecule has 0 radical (unpaired) electrons. The fourth-order valence-corrected chi connectivity index (χ4v) is 3.35. The first kappa shape index (κ1) is 18.9. The highest BCUT2D eigenvalue weighted by molar-refractivity contribution is 7.13. The van der Waals surface area contributed by atoms with E-state index in [1.165, 1.54) is 11.3 Å². The monoisotopic (exact) mass is 383 g/mol. The molecule has 6 heteroatoms. The van der Waals surface area contributed by atoms with E-state index in [1.807, 2.05) is 54.8 Å². The molecule has 0 spiro atoms. The standard InChI is InChI=1S/C21H21NO4S/c1-14-4-6-15(7-5-14)10-20(23)26-12-17-13-27-21(22-17)16-8-9-18(24-2)19(11-16)25-3/h4-9,11,13H,10,12H2,1-3H3. The van der Waals surface area contributed by atoms with Crippen LogP contribution in [0, 0.1) is 6.92 Å². The van der Waals surface area contributed by atoms with E-state index in [0.29, 0.717) is 11.5 Å². The zero-order valence-electron chi connectivity index (χ0n) is 15.5. The molecule has 0 aliphatic rings. The van der Waals surface area contributed by atoms with Crippen LogP contribution in [0.4, 0.5) is 0 Å². The Morgan fingerprint density at radius 2 is 1.78 bits per heavy atom. The smallest absolute Gasteiger partial charge is 0.310 e. The van der Waals surface area contributed by atoms with E-state index in [-0.39, 0.29) is 19.0 Å². The number of carbonyl (C=O) groups is 1. The van der Waals surface area contributed by atoms with Crippen LogP contribution in [0.5, 0.6) is 11.5 Å². The molecular weight excluding hydrogens is 362 g/mol. The zero-order chi connectivity index (χ0) is 19.2. The lowest BCUT2D eigenvalue weighted by atomic mass is 10.1. The molecule has 0 aliphatic carbocycles. The van der Waals surface area contributed by atoms with Gasteiger partial charge in [-0.1, -0.05) is 29.8 Å². The predicted octanol–water partition coefficient (Wildman–Crippen LogP) is 4.42. The van der Waals surface area contributed by atoms with Crippen molar-refractivity contribution >= 4 is 17.3 Å². The second kappa shape index (κ2) is 8.68. The maximum Gasteiger partial charge on any atom is 0.310 e. The van der Waals surface area contributed by atoms with Crippen molar-refractivity contribution in [3.8, 4) is 22.1 Å². The first-order valence-electron chi connectivity index (χ1n) is 8.47. The molecule has 1 aromatic heterocycles. The Kier molecular flexibility index (Phi) is 6.08. The number of nitrogens with zero attached hydrogens (tertiary/aromatic N) is 1. The zero-order valence-corrected chi connectivity index (χ0v) is 16.3. The minimum absolute atomic E-state index is 0.161. The van der Waals surface area contributed by atoms with Crippen LogP contribution in [0.3, 0.4) is 0 Å². The Balaban J connectivity index is 1.61. The number of aromatic nitrogens is 1. The summed E-state index contributed by atoms with van der Waals surface area (Å²) in [6.45, 7) is 2.18. The maximum atomic E-state index is 12.0. The second-order valence-electron chi connectivity index (χ2n) is 6.04. The molecule has 0 saturated carbocycles. The largest absolute Gasteiger partial charge is 0.493 e. The lowest BCUT2D eigenvalue weighted by Crippen LogP contribution is -2.08. The van der Waals surface area contributed by atoms with Crippen molar-refractivity contribution in [2.45, 2.75) is 20.0 Å². The molecule has 3 rings (SSSR count). The molecule has 0 aliphatic heterocycles. The third kappa shape index (κ3) is 4.86. The first-order chi connectivity index (χ1) is 13.1. The van der Waals surface area contributed by atoms with Crippen LogP contribution >= 0.6 is 11.3 Å². The molecule has 1 heterocycles. The van der Waals surface area contributed by atoms with Gasteiger partial charge >= 0.3 is 5.97 Å². The average molecular weight is 383 g/mol. The molecule has 0 fully saturated rings. The number of ether oxygens (including phenoxy) is 3. The molecule has 140 valence electrons. The Labute approximate surface area is 162 Å². The number of methoxy groups -OCH3 is 2. The summed E-state index contributed by atoms with van der Waals surface area (Å²) in [4.78, 5) is 16.6. The molecular formula is C21H21NO4S. The third-order valence-corrected chi connectivity index (χ3v) is 4.97. The van der Waals surface area contributed by atoms with E-state index in [2.05, 4.69) is 4.98 Å². The van der Waals surface area contributed by atoms with Crippen molar-refractivity contribution in [1.82, 2.24) is 4.98 Å². The van der Waals surface area contributed by atoms with Gasteiger partial charge in [-0.25, -0.2) is 4.98 Å². The van der Waals surface area contributed by atoms with Crippen molar-refractivity contribution < 1.29 is 19.0 Å². The van der Waals surface area contributed by atoms with Crippen molar-refractivity contribution in [2.24, 2.45) is 0 Å². The maximum absolute atomic E-state index is 12.0. The molecule has 5 nitrogen and oxygen atoms in total. The van der Waals surface area contributed by atoms with Gasteiger partial charge in [0, 0.05) is 10.9 Å². The Hall–Kier alpha value is -2.86. The normalized spacial score (nSPS) is 10.5. The number of thiazole rings is 1. The highest BCUT2D eigenvalue weighted by Gasteiger charge is 2.11. The summed E-state index contributed by atoms with van der Waals surface area (Å²) in [5.41, 5.74) is 3.75. The topological polar surface area (TPSA) is 57.7 Å². The van der Waals surface area contributed by atoms with E-state index in [9.17, 15) is 4.79 Å². The summed E-state index contributed by atoms with van der Waals surface area (Å²) in [5, 5.41) is 2.73. The van der Waals surface area contributed by atoms with Gasteiger partial charge in [-0.05, 0) is 30.7 Å². The minimum atomic E-state index is -0.264. The van der Waals surface area contributed by atoms with Crippen molar-refractivity contribution in [2.75, 3.05) is 14.2 Å². The molecule has 0 amide bonds. The van der Waals surface area contributed by atoms with Gasteiger partial charge in [-0.3, -0.25) is 4.79 Å². The molecule has 0 saturated heterocycles. The van der Waals surface area contributed by atoms with Crippen molar-refractivity contribution in [1.29, 1.82) is 0 Å². The first-order valence-corrected chi connectivity index (χ1v) is 9.35. The van der Waals surface area contributed by atoms with Gasteiger partial charge in [0.2, 0.25) is 0 Å². The highest BCUT2D eigenvalue weighted by Crippen LogP contribution is 2.33. The fraction of sp³-hybridized carbons (Fsp3) is 0.238. The van der Waals surface area contributed by atoms with Gasteiger partial charge in [0.15, 0.2) is 11.5 Å². The molecule has 27 heavy (non-hydrogen) atoms. The van der Waals surface area contributed by atoms with Crippen LogP contribution < -0.4 is 9.47 Å².